The minimum atomic E-state index is -0.270. The van der Waals surface area contributed by atoms with Crippen molar-refractivity contribution in [1.29, 1.82) is 0 Å². The summed E-state index contributed by atoms with van der Waals surface area (Å²) in [5, 5.41) is 3.65. The van der Waals surface area contributed by atoms with Gasteiger partial charge in [0.2, 0.25) is 0 Å². The van der Waals surface area contributed by atoms with E-state index in [0.29, 0.717) is 30.9 Å². The summed E-state index contributed by atoms with van der Waals surface area (Å²) in [5.74, 6) is 0.997. The van der Waals surface area contributed by atoms with Gasteiger partial charge >= 0.3 is 5.97 Å². The van der Waals surface area contributed by atoms with Crippen LogP contribution in [0, 0.1) is 0 Å². The fraction of sp³-hybridized carbons (Fsp3) is 0.533. The molecule has 1 rings (SSSR count). The smallest absolute Gasteiger partial charge is 0.305 e. The van der Waals surface area contributed by atoms with Gasteiger partial charge in [0.05, 0.1) is 26.9 Å². The van der Waals surface area contributed by atoms with Crippen LogP contribution in [0.1, 0.15) is 37.8 Å². The molecule has 0 saturated heterocycles. The lowest BCUT2D eigenvalue weighted by Gasteiger charge is -2.13. The van der Waals surface area contributed by atoms with E-state index in [1.54, 1.807) is 19.2 Å². The highest BCUT2D eigenvalue weighted by Crippen LogP contribution is 2.31. The monoisotopic (exact) mass is 307 g/mol. The molecule has 1 unspecified atom stereocenters. The van der Waals surface area contributed by atoms with E-state index in [-0.39, 0.29) is 12.0 Å². The SMILES string of the molecule is COC(=O)CCCCOc1ccc(C(C)N=[N+]=[N-])cc1OC. The number of benzene rings is 1. The fourth-order valence-corrected chi connectivity index (χ4v) is 1.86. The van der Waals surface area contributed by atoms with E-state index in [9.17, 15) is 4.79 Å². The number of methoxy groups -OCH3 is 2. The van der Waals surface area contributed by atoms with Crippen LogP contribution in [0.2, 0.25) is 0 Å². The van der Waals surface area contributed by atoms with E-state index in [1.807, 2.05) is 13.0 Å². The maximum absolute atomic E-state index is 11.0. The molecule has 0 aliphatic heterocycles. The summed E-state index contributed by atoms with van der Waals surface area (Å²) in [6.45, 7) is 2.29. The summed E-state index contributed by atoms with van der Waals surface area (Å²) in [6, 6.07) is 5.15. The minimum absolute atomic E-state index is 0.214. The molecule has 7 nitrogen and oxygen atoms in total. The van der Waals surface area contributed by atoms with Crippen LogP contribution < -0.4 is 9.47 Å². The van der Waals surface area contributed by atoms with Crippen molar-refractivity contribution in [2.75, 3.05) is 20.8 Å². The van der Waals surface area contributed by atoms with Crippen molar-refractivity contribution in [3.63, 3.8) is 0 Å². The summed E-state index contributed by atoms with van der Waals surface area (Å²) < 4.78 is 15.5. The summed E-state index contributed by atoms with van der Waals surface area (Å²) in [7, 11) is 2.93. The number of ether oxygens (including phenoxy) is 3. The summed E-state index contributed by atoms with van der Waals surface area (Å²) in [5.41, 5.74) is 9.33. The lowest BCUT2D eigenvalue weighted by atomic mass is 10.1. The van der Waals surface area contributed by atoms with Crippen LogP contribution in [0.5, 0.6) is 11.5 Å². The maximum Gasteiger partial charge on any atom is 0.305 e. The predicted molar refractivity (Wildman–Crippen MR) is 81.9 cm³/mol. The number of carbonyl (C=O) groups excluding carboxylic acids is 1. The Bertz CT molecular complexity index is 542. The molecule has 0 radical (unpaired) electrons. The van der Waals surface area contributed by atoms with Gasteiger partial charge in [-0.3, -0.25) is 4.79 Å². The molecule has 0 aliphatic carbocycles. The van der Waals surface area contributed by atoms with E-state index in [2.05, 4.69) is 14.8 Å². The Hall–Kier alpha value is -2.40. The number of hydrogen-bond acceptors (Lipinski definition) is 5. The van der Waals surface area contributed by atoms with E-state index in [4.69, 9.17) is 15.0 Å². The maximum atomic E-state index is 11.0. The third-order valence-electron chi connectivity index (χ3n) is 3.16. The standard InChI is InChI=1S/C15H21N3O4/c1-11(17-18-16)12-7-8-13(14(10-12)20-2)22-9-5-4-6-15(19)21-3/h7-8,10-11H,4-6,9H2,1-3H3. The normalized spacial score (nSPS) is 11.2. The molecule has 0 N–H and O–H groups in total. The van der Waals surface area contributed by atoms with Crippen LogP contribution >= 0.6 is 0 Å². The molecule has 22 heavy (non-hydrogen) atoms. The highest BCUT2D eigenvalue weighted by molar-refractivity contribution is 5.68. The van der Waals surface area contributed by atoms with E-state index in [1.165, 1.54) is 7.11 Å². The van der Waals surface area contributed by atoms with Gasteiger partial charge in [-0.15, -0.1) is 0 Å². The molecule has 0 saturated carbocycles. The van der Waals surface area contributed by atoms with Crippen molar-refractivity contribution < 1.29 is 19.0 Å². The van der Waals surface area contributed by atoms with E-state index >= 15 is 0 Å². The quantitative estimate of drug-likeness (QED) is 0.228. The fourth-order valence-electron chi connectivity index (χ4n) is 1.86. The summed E-state index contributed by atoms with van der Waals surface area (Å²) >= 11 is 0. The molecule has 0 amide bonds. The van der Waals surface area contributed by atoms with Gasteiger partial charge in [0.1, 0.15) is 0 Å². The van der Waals surface area contributed by atoms with Gasteiger partial charge in [-0.05, 0) is 36.1 Å². The molecule has 0 fully saturated rings. The number of esters is 1. The average Bonchev–Trinajstić information content (AvgIpc) is 2.54. The van der Waals surface area contributed by atoms with Gasteiger partial charge in [-0.2, -0.15) is 0 Å². The van der Waals surface area contributed by atoms with E-state index in [0.717, 1.165) is 12.0 Å². The van der Waals surface area contributed by atoms with Crippen molar-refractivity contribution >= 4 is 5.97 Å². The Balaban J connectivity index is 2.56. The van der Waals surface area contributed by atoms with Crippen molar-refractivity contribution in [3.8, 4) is 11.5 Å². The van der Waals surface area contributed by atoms with E-state index < -0.39 is 0 Å². The Morgan fingerprint density at radius 3 is 2.73 bits per heavy atom. The molecule has 1 atom stereocenters. The molecule has 7 heteroatoms. The molecule has 0 heterocycles. The van der Waals surface area contributed by atoms with Crippen LogP contribution in [-0.4, -0.2) is 26.8 Å². The van der Waals surface area contributed by atoms with Crippen molar-refractivity contribution in [3.05, 3.63) is 34.2 Å². The number of unbranched alkanes of at least 4 members (excludes halogenated alkanes) is 1. The van der Waals surface area contributed by atoms with Crippen LogP contribution in [-0.2, 0) is 9.53 Å². The molecule has 0 bridgehead atoms. The first-order valence-electron chi connectivity index (χ1n) is 7.04. The number of azide groups is 1. The van der Waals surface area contributed by atoms with Crippen LogP contribution in [0.3, 0.4) is 0 Å². The number of nitrogens with zero attached hydrogens (tertiary/aromatic N) is 3. The third-order valence-corrected chi connectivity index (χ3v) is 3.16. The molecule has 0 aliphatic rings. The molecular formula is C15H21N3O4. The van der Waals surface area contributed by atoms with Crippen molar-refractivity contribution in [2.45, 2.75) is 32.2 Å². The largest absolute Gasteiger partial charge is 0.493 e. The van der Waals surface area contributed by atoms with Crippen LogP contribution in [0.15, 0.2) is 23.3 Å². The van der Waals surface area contributed by atoms with Crippen LogP contribution in [0.4, 0.5) is 0 Å². The highest BCUT2D eigenvalue weighted by atomic mass is 16.5. The van der Waals surface area contributed by atoms with Gasteiger partial charge in [0, 0.05) is 11.3 Å². The first-order valence-corrected chi connectivity index (χ1v) is 7.04. The second-order valence-corrected chi connectivity index (χ2v) is 4.67. The van der Waals surface area contributed by atoms with Crippen LogP contribution in [0.25, 0.3) is 10.4 Å². The lowest BCUT2D eigenvalue weighted by Crippen LogP contribution is -2.03. The average molecular weight is 307 g/mol. The highest BCUT2D eigenvalue weighted by Gasteiger charge is 2.09. The summed E-state index contributed by atoms with van der Waals surface area (Å²) in [6.07, 6.45) is 1.84. The van der Waals surface area contributed by atoms with Gasteiger partial charge in [0.15, 0.2) is 11.5 Å². The zero-order valence-electron chi connectivity index (χ0n) is 13.1. The topological polar surface area (TPSA) is 93.5 Å². The summed E-state index contributed by atoms with van der Waals surface area (Å²) in [4.78, 5) is 13.8. The predicted octanol–water partition coefficient (Wildman–Crippen LogP) is 3.79. The molecule has 1 aromatic carbocycles. The molecule has 1 aromatic rings. The lowest BCUT2D eigenvalue weighted by molar-refractivity contribution is -0.140. The molecule has 0 spiro atoms. The van der Waals surface area contributed by atoms with Crippen molar-refractivity contribution in [1.82, 2.24) is 0 Å². The molecular weight excluding hydrogens is 286 g/mol. The Kier molecular flexibility index (Phi) is 7.64. The molecule has 120 valence electrons. The van der Waals surface area contributed by atoms with Gasteiger partial charge < -0.3 is 14.2 Å². The van der Waals surface area contributed by atoms with Gasteiger partial charge in [0.25, 0.3) is 0 Å². The minimum Gasteiger partial charge on any atom is -0.493 e. The number of hydrogen-bond donors (Lipinski definition) is 0. The van der Waals surface area contributed by atoms with Gasteiger partial charge in [-0.1, -0.05) is 18.1 Å². The zero-order valence-corrected chi connectivity index (χ0v) is 13.1. The molecule has 0 aromatic heterocycles. The first kappa shape index (κ1) is 17.7. The second kappa shape index (κ2) is 9.52. The van der Waals surface area contributed by atoms with Gasteiger partial charge in [-0.25, -0.2) is 0 Å². The first-order chi connectivity index (χ1) is 10.6. The zero-order chi connectivity index (χ0) is 16.4. The number of carbonyl (C=O) groups is 1. The number of rotatable bonds is 9. The van der Waals surface area contributed by atoms with Crippen molar-refractivity contribution in [2.24, 2.45) is 5.11 Å². The Morgan fingerprint density at radius 1 is 1.32 bits per heavy atom. The Morgan fingerprint density at radius 2 is 2.09 bits per heavy atom. The second-order valence-electron chi connectivity index (χ2n) is 4.67. The third kappa shape index (κ3) is 5.54. The Labute approximate surface area is 129 Å².